The maximum atomic E-state index is 13.2. The Labute approximate surface area is 160 Å². The van der Waals surface area contributed by atoms with Crippen LogP contribution in [0.15, 0.2) is 16.9 Å². The molecule has 7 heteroatoms. The molecule has 1 aliphatic rings. The average molecular weight is 371 g/mol. The van der Waals surface area contributed by atoms with Crippen LogP contribution in [0.2, 0.25) is 0 Å². The molecule has 0 aliphatic carbocycles. The van der Waals surface area contributed by atoms with Crippen LogP contribution >= 0.6 is 0 Å². The van der Waals surface area contributed by atoms with Crippen LogP contribution in [0.3, 0.4) is 0 Å². The average Bonchev–Trinajstić information content (AvgIpc) is 2.87. The normalized spacial score (nSPS) is 21.3. The second-order valence-corrected chi connectivity index (χ2v) is 7.72. The van der Waals surface area contributed by atoms with Gasteiger partial charge in [-0.05, 0) is 59.9 Å². The third kappa shape index (κ3) is 3.42. The summed E-state index contributed by atoms with van der Waals surface area (Å²) in [6.07, 6.45) is 3.13. The largest absolute Gasteiger partial charge is 0.335 e. The zero-order valence-corrected chi connectivity index (χ0v) is 17.1. The minimum absolute atomic E-state index is 0.0407. The molecule has 146 valence electrons. The number of likely N-dealkylation sites (tertiary alicyclic amines) is 1. The van der Waals surface area contributed by atoms with Crippen molar-refractivity contribution < 1.29 is 4.79 Å². The van der Waals surface area contributed by atoms with Crippen LogP contribution in [0.4, 0.5) is 0 Å². The SMILES string of the molecule is Cc1nn(C)c(C)c1-c1ccc(=O)n(C(C)C(=O)N2C(C)CCCC2C)n1. The molecule has 0 aromatic carbocycles. The van der Waals surface area contributed by atoms with E-state index in [0.717, 1.165) is 36.2 Å². The number of hydrogen-bond donors (Lipinski definition) is 0. The van der Waals surface area contributed by atoms with Gasteiger partial charge in [0.05, 0.1) is 11.4 Å². The summed E-state index contributed by atoms with van der Waals surface area (Å²) in [5.74, 6) is -0.0407. The van der Waals surface area contributed by atoms with Crippen LogP contribution in [0, 0.1) is 13.8 Å². The highest BCUT2D eigenvalue weighted by molar-refractivity contribution is 5.80. The van der Waals surface area contributed by atoms with Crippen LogP contribution < -0.4 is 5.56 Å². The van der Waals surface area contributed by atoms with Gasteiger partial charge in [-0.3, -0.25) is 14.3 Å². The van der Waals surface area contributed by atoms with Crippen LogP contribution in [0.5, 0.6) is 0 Å². The summed E-state index contributed by atoms with van der Waals surface area (Å²) in [7, 11) is 1.88. The monoisotopic (exact) mass is 371 g/mol. The summed E-state index contributed by atoms with van der Waals surface area (Å²) >= 11 is 0. The first-order valence-electron chi connectivity index (χ1n) is 9.65. The zero-order chi connectivity index (χ0) is 19.9. The van der Waals surface area contributed by atoms with Crippen LogP contribution in [-0.2, 0) is 11.8 Å². The lowest BCUT2D eigenvalue weighted by molar-refractivity contribution is -0.140. The highest BCUT2D eigenvalue weighted by Crippen LogP contribution is 2.27. The Kier molecular flexibility index (Phi) is 5.22. The summed E-state index contributed by atoms with van der Waals surface area (Å²) in [6.45, 7) is 9.81. The van der Waals surface area contributed by atoms with E-state index in [1.165, 1.54) is 10.7 Å². The second kappa shape index (κ2) is 7.29. The molecule has 3 unspecified atom stereocenters. The van der Waals surface area contributed by atoms with Gasteiger partial charge in [-0.1, -0.05) is 0 Å². The van der Waals surface area contributed by atoms with Gasteiger partial charge in [0, 0.05) is 36.5 Å². The van der Waals surface area contributed by atoms with E-state index < -0.39 is 6.04 Å². The first kappa shape index (κ1) is 19.3. The van der Waals surface area contributed by atoms with E-state index in [4.69, 9.17) is 0 Å². The fourth-order valence-corrected chi connectivity index (χ4v) is 4.16. The molecule has 3 atom stereocenters. The number of piperidine rings is 1. The van der Waals surface area contributed by atoms with E-state index in [0.29, 0.717) is 5.69 Å². The summed E-state index contributed by atoms with van der Waals surface area (Å²) in [4.78, 5) is 27.6. The molecule has 0 radical (unpaired) electrons. The molecule has 0 N–H and O–H groups in total. The minimum atomic E-state index is -0.641. The smallest absolute Gasteiger partial charge is 0.267 e. The number of nitrogens with zero attached hydrogens (tertiary/aromatic N) is 5. The molecule has 0 saturated carbocycles. The van der Waals surface area contributed by atoms with Crippen molar-refractivity contribution >= 4 is 5.91 Å². The Balaban J connectivity index is 1.99. The Hall–Kier alpha value is -2.44. The lowest BCUT2D eigenvalue weighted by Crippen LogP contribution is -2.50. The van der Waals surface area contributed by atoms with Gasteiger partial charge in [-0.2, -0.15) is 10.2 Å². The van der Waals surface area contributed by atoms with Crippen LogP contribution in [0.1, 0.15) is 57.5 Å². The Morgan fingerprint density at radius 2 is 1.78 bits per heavy atom. The van der Waals surface area contributed by atoms with Crippen molar-refractivity contribution in [3.05, 3.63) is 33.9 Å². The predicted molar refractivity (Wildman–Crippen MR) is 105 cm³/mol. The third-order valence-electron chi connectivity index (χ3n) is 5.76. The maximum absolute atomic E-state index is 13.2. The number of aromatic nitrogens is 4. The molecule has 0 bridgehead atoms. The summed E-state index contributed by atoms with van der Waals surface area (Å²) in [6, 6.07) is 2.92. The molecule has 1 saturated heterocycles. The van der Waals surface area contributed by atoms with Gasteiger partial charge in [0.15, 0.2) is 0 Å². The first-order chi connectivity index (χ1) is 12.7. The summed E-state index contributed by atoms with van der Waals surface area (Å²) in [5.41, 5.74) is 3.13. The molecule has 2 aromatic rings. The molecule has 3 rings (SSSR count). The van der Waals surface area contributed by atoms with Crippen molar-refractivity contribution in [2.75, 3.05) is 0 Å². The van der Waals surface area contributed by atoms with Crippen molar-refractivity contribution in [2.45, 2.75) is 72.0 Å². The molecule has 1 aliphatic heterocycles. The van der Waals surface area contributed by atoms with E-state index in [1.807, 2.05) is 25.8 Å². The van der Waals surface area contributed by atoms with E-state index in [-0.39, 0.29) is 23.6 Å². The van der Waals surface area contributed by atoms with Gasteiger partial charge in [0.25, 0.3) is 5.56 Å². The van der Waals surface area contributed by atoms with Crippen LogP contribution in [0.25, 0.3) is 11.3 Å². The topological polar surface area (TPSA) is 73.0 Å². The van der Waals surface area contributed by atoms with Gasteiger partial charge in [0.2, 0.25) is 5.91 Å². The Bertz CT molecular complexity index is 904. The van der Waals surface area contributed by atoms with Gasteiger partial charge in [-0.15, -0.1) is 0 Å². The van der Waals surface area contributed by atoms with Crippen molar-refractivity contribution in [3.63, 3.8) is 0 Å². The second-order valence-electron chi connectivity index (χ2n) is 7.72. The van der Waals surface area contributed by atoms with E-state index in [9.17, 15) is 9.59 Å². The zero-order valence-electron chi connectivity index (χ0n) is 17.1. The molecule has 27 heavy (non-hydrogen) atoms. The van der Waals surface area contributed by atoms with Crippen molar-refractivity contribution in [3.8, 4) is 11.3 Å². The Morgan fingerprint density at radius 3 is 2.33 bits per heavy atom. The lowest BCUT2D eigenvalue weighted by Gasteiger charge is -2.40. The molecule has 1 fully saturated rings. The third-order valence-corrected chi connectivity index (χ3v) is 5.76. The van der Waals surface area contributed by atoms with Gasteiger partial charge in [0.1, 0.15) is 6.04 Å². The molecular weight excluding hydrogens is 342 g/mol. The predicted octanol–water partition coefficient (Wildman–Crippen LogP) is 2.61. The molecule has 7 nitrogen and oxygen atoms in total. The molecule has 3 heterocycles. The van der Waals surface area contributed by atoms with Gasteiger partial charge < -0.3 is 4.90 Å². The molecule has 2 aromatic heterocycles. The fourth-order valence-electron chi connectivity index (χ4n) is 4.16. The summed E-state index contributed by atoms with van der Waals surface area (Å²) < 4.78 is 3.12. The first-order valence-corrected chi connectivity index (χ1v) is 9.65. The molecule has 1 amide bonds. The van der Waals surface area contributed by atoms with Crippen LogP contribution in [-0.4, -0.2) is 42.5 Å². The highest BCUT2D eigenvalue weighted by atomic mass is 16.2. The minimum Gasteiger partial charge on any atom is -0.335 e. The van der Waals surface area contributed by atoms with Crippen molar-refractivity contribution in [1.29, 1.82) is 0 Å². The lowest BCUT2D eigenvalue weighted by atomic mass is 9.96. The van der Waals surface area contributed by atoms with Gasteiger partial charge in [-0.25, -0.2) is 4.68 Å². The number of carbonyl (C=O) groups is 1. The van der Waals surface area contributed by atoms with Crippen molar-refractivity contribution in [2.24, 2.45) is 7.05 Å². The van der Waals surface area contributed by atoms with Crippen molar-refractivity contribution in [1.82, 2.24) is 24.5 Å². The van der Waals surface area contributed by atoms with E-state index in [1.54, 1.807) is 17.7 Å². The number of hydrogen-bond acceptors (Lipinski definition) is 4. The quantitative estimate of drug-likeness (QED) is 0.831. The molecular formula is C20H29N5O2. The number of amides is 1. The standard InChI is InChI=1S/C20H29N5O2/c1-12-8-7-9-13(2)24(12)20(27)16(5)25-18(26)11-10-17(22-25)19-14(3)21-23(6)15(19)4/h10-13,16H,7-9H2,1-6H3. The number of aryl methyl sites for hydroxylation is 2. The number of rotatable bonds is 3. The fraction of sp³-hybridized carbons (Fsp3) is 0.600. The van der Waals surface area contributed by atoms with Gasteiger partial charge >= 0.3 is 0 Å². The number of carbonyl (C=O) groups excluding carboxylic acids is 1. The highest BCUT2D eigenvalue weighted by Gasteiger charge is 2.33. The maximum Gasteiger partial charge on any atom is 0.267 e. The van der Waals surface area contributed by atoms with E-state index in [2.05, 4.69) is 24.0 Å². The Morgan fingerprint density at radius 1 is 1.15 bits per heavy atom. The van der Waals surface area contributed by atoms with E-state index >= 15 is 0 Å². The summed E-state index contributed by atoms with van der Waals surface area (Å²) in [5, 5.41) is 8.97. The molecule has 0 spiro atoms.